The van der Waals surface area contributed by atoms with E-state index in [1.165, 1.54) is 42.5 Å². The second-order valence-electron chi connectivity index (χ2n) is 5.65. The zero-order valence-corrected chi connectivity index (χ0v) is 13.2. The molecule has 0 aliphatic rings. The Balaban J connectivity index is 2.17. The van der Waals surface area contributed by atoms with Gasteiger partial charge in [0.2, 0.25) is 0 Å². The Labute approximate surface area is 132 Å². The number of unbranched alkanes of at least 4 members (excludes halogenated alkanes) is 2. The SMILES string of the molecule is C=CNc1cc(CCCCC)cc(Cc2ccc(F)cc2)c1. The van der Waals surface area contributed by atoms with Crippen LogP contribution in [0.5, 0.6) is 0 Å². The van der Waals surface area contributed by atoms with Gasteiger partial charge in [0, 0.05) is 5.69 Å². The molecule has 0 amide bonds. The van der Waals surface area contributed by atoms with Crippen LogP contribution in [0.3, 0.4) is 0 Å². The second-order valence-corrected chi connectivity index (χ2v) is 5.65. The average Bonchev–Trinajstić information content (AvgIpc) is 2.50. The van der Waals surface area contributed by atoms with E-state index in [-0.39, 0.29) is 5.82 Å². The molecule has 2 aromatic rings. The van der Waals surface area contributed by atoms with Gasteiger partial charge in [0.1, 0.15) is 5.82 Å². The Hall–Kier alpha value is -2.09. The van der Waals surface area contributed by atoms with Crippen LogP contribution < -0.4 is 5.32 Å². The van der Waals surface area contributed by atoms with Gasteiger partial charge in [-0.3, -0.25) is 0 Å². The number of hydrogen-bond donors (Lipinski definition) is 1. The molecule has 1 nitrogen and oxygen atoms in total. The van der Waals surface area contributed by atoms with E-state index in [9.17, 15) is 4.39 Å². The van der Waals surface area contributed by atoms with Crippen LogP contribution in [0.25, 0.3) is 0 Å². The maximum Gasteiger partial charge on any atom is 0.123 e. The fraction of sp³-hybridized carbons (Fsp3) is 0.300. The summed E-state index contributed by atoms with van der Waals surface area (Å²) in [7, 11) is 0. The summed E-state index contributed by atoms with van der Waals surface area (Å²) >= 11 is 0. The first-order chi connectivity index (χ1) is 10.7. The molecule has 0 saturated carbocycles. The Morgan fingerprint density at radius 1 is 1.00 bits per heavy atom. The molecular formula is C20H24FN. The molecule has 2 aromatic carbocycles. The normalized spacial score (nSPS) is 10.5. The zero-order valence-electron chi connectivity index (χ0n) is 13.2. The van der Waals surface area contributed by atoms with Gasteiger partial charge in [0.25, 0.3) is 0 Å². The first-order valence-electron chi connectivity index (χ1n) is 7.96. The zero-order chi connectivity index (χ0) is 15.8. The average molecular weight is 297 g/mol. The first-order valence-corrected chi connectivity index (χ1v) is 7.96. The van der Waals surface area contributed by atoms with Crippen LogP contribution in [0.15, 0.2) is 55.2 Å². The van der Waals surface area contributed by atoms with Gasteiger partial charge < -0.3 is 5.32 Å². The summed E-state index contributed by atoms with van der Waals surface area (Å²) < 4.78 is 13.0. The smallest absolute Gasteiger partial charge is 0.123 e. The molecule has 0 aliphatic heterocycles. The molecule has 116 valence electrons. The number of aryl methyl sites for hydroxylation is 1. The van der Waals surface area contributed by atoms with Crippen molar-refractivity contribution in [3.63, 3.8) is 0 Å². The van der Waals surface area contributed by atoms with Crippen LogP contribution >= 0.6 is 0 Å². The van der Waals surface area contributed by atoms with Gasteiger partial charge in [-0.05, 0) is 66.4 Å². The number of benzene rings is 2. The van der Waals surface area contributed by atoms with Gasteiger partial charge in [-0.15, -0.1) is 0 Å². The minimum absolute atomic E-state index is 0.189. The number of nitrogens with one attached hydrogen (secondary N) is 1. The van der Waals surface area contributed by atoms with Crippen molar-refractivity contribution in [3.05, 3.63) is 77.8 Å². The van der Waals surface area contributed by atoms with Crippen LogP contribution in [0.1, 0.15) is 42.9 Å². The summed E-state index contributed by atoms with van der Waals surface area (Å²) in [6.07, 6.45) is 7.31. The van der Waals surface area contributed by atoms with Crippen molar-refractivity contribution in [1.29, 1.82) is 0 Å². The summed E-state index contributed by atoms with van der Waals surface area (Å²) in [5, 5.41) is 3.18. The predicted octanol–water partition coefficient (Wildman–Crippen LogP) is 5.70. The maximum atomic E-state index is 13.0. The van der Waals surface area contributed by atoms with E-state index in [0.717, 1.165) is 24.1 Å². The molecule has 0 atom stereocenters. The monoisotopic (exact) mass is 297 g/mol. The van der Waals surface area contributed by atoms with Gasteiger partial charge in [0.05, 0.1) is 0 Å². The van der Waals surface area contributed by atoms with Crippen molar-refractivity contribution in [2.75, 3.05) is 5.32 Å². The van der Waals surface area contributed by atoms with Crippen LogP contribution in [0, 0.1) is 5.82 Å². The minimum atomic E-state index is -0.189. The Morgan fingerprint density at radius 3 is 2.41 bits per heavy atom. The summed E-state index contributed by atoms with van der Waals surface area (Å²) in [6, 6.07) is 13.3. The molecule has 1 N–H and O–H groups in total. The highest BCUT2D eigenvalue weighted by molar-refractivity contribution is 5.51. The number of hydrogen-bond acceptors (Lipinski definition) is 1. The molecule has 0 heterocycles. The molecule has 2 heteroatoms. The topological polar surface area (TPSA) is 12.0 Å². The van der Waals surface area contributed by atoms with Gasteiger partial charge in [-0.25, -0.2) is 4.39 Å². The lowest BCUT2D eigenvalue weighted by Gasteiger charge is -2.10. The highest BCUT2D eigenvalue weighted by Gasteiger charge is 2.03. The lowest BCUT2D eigenvalue weighted by molar-refractivity contribution is 0.627. The molecule has 0 unspecified atom stereocenters. The lowest BCUT2D eigenvalue weighted by atomic mass is 9.99. The molecule has 22 heavy (non-hydrogen) atoms. The standard InChI is InChI=1S/C20H24FN/c1-3-5-6-7-17-13-18(15-20(14-17)22-4-2)12-16-8-10-19(21)11-9-16/h4,8-11,13-15,22H,2-3,5-7,12H2,1H3. The molecular weight excluding hydrogens is 273 g/mol. The molecule has 0 aromatic heterocycles. The minimum Gasteiger partial charge on any atom is -0.362 e. The van der Waals surface area contributed by atoms with Crippen molar-refractivity contribution in [3.8, 4) is 0 Å². The van der Waals surface area contributed by atoms with Crippen molar-refractivity contribution in [2.45, 2.75) is 39.0 Å². The van der Waals surface area contributed by atoms with Gasteiger partial charge >= 0.3 is 0 Å². The van der Waals surface area contributed by atoms with E-state index in [0.29, 0.717) is 0 Å². The summed E-state index contributed by atoms with van der Waals surface area (Å²) in [6.45, 7) is 5.95. The largest absolute Gasteiger partial charge is 0.362 e. The molecule has 0 bridgehead atoms. The first kappa shape index (κ1) is 16.3. The van der Waals surface area contributed by atoms with Gasteiger partial charge in [-0.1, -0.05) is 44.5 Å². The van der Waals surface area contributed by atoms with E-state index in [1.807, 2.05) is 12.1 Å². The summed E-state index contributed by atoms with van der Waals surface area (Å²) in [5.74, 6) is -0.189. The van der Waals surface area contributed by atoms with E-state index < -0.39 is 0 Å². The van der Waals surface area contributed by atoms with E-state index >= 15 is 0 Å². The van der Waals surface area contributed by atoms with Crippen molar-refractivity contribution in [2.24, 2.45) is 0 Å². The lowest BCUT2D eigenvalue weighted by Crippen LogP contribution is -1.96. The van der Waals surface area contributed by atoms with Crippen molar-refractivity contribution < 1.29 is 4.39 Å². The van der Waals surface area contributed by atoms with Crippen LogP contribution in [-0.2, 0) is 12.8 Å². The number of rotatable bonds is 8. The molecule has 0 fully saturated rings. The van der Waals surface area contributed by atoms with Gasteiger partial charge in [0.15, 0.2) is 0 Å². The van der Waals surface area contributed by atoms with Crippen LogP contribution in [-0.4, -0.2) is 0 Å². The molecule has 0 radical (unpaired) electrons. The maximum absolute atomic E-state index is 13.0. The molecule has 0 spiro atoms. The third-order valence-corrected chi connectivity index (χ3v) is 3.71. The van der Waals surface area contributed by atoms with Crippen LogP contribution in [0.2, 0.25) is 0 Å². The second kappa shape index (κ2) is 8.38. The summed E-state index contributed by atoms with van der Waals surface area (Å²) in [4.78, 5) is 0. The van der Waals surface area contributed by atoms with Crippen molar-refractivity contribution >= 4 is 5.69 Å². The molecule has 0 aliphatic carbocycles. The third kappa shape index (κ3) is 5.03. The Bertz CT molecular complexity index is 602. The Kier molecular flexibility index (Phi) is 6.20. The van der Waals surface area contributed by atoms with E-state index in [1.54, 1.807) is 6.20 Å². The third-order valence-electron chi connectivity index (χ3n) is 3.71. The van der Waals surface area contributed by atoms with Crippen molar-refractivity contribution in [1.82, 2.24) is 0 Å². The molecule has 0 saturated heterocycles. The quantitative estimate of drug-likeness (QED) is 0.616. The Morgan fingerprint density at radius 2 is 1.73 bits per heavy atom. The number of anilines is 1. The fourth-order valence-corrected chi connectivity index (χ4v) is 2.63. The highest BCUT2D eigenvalue weighted by Crippen LogP contribution is 2.20. The van der Waals surface area contributed by atoms with Gasteiger partial charge in [-0.2, -0.15) is 0 Å². The number of halogens is 1. The predicted molar refractivity (Wildman–Crippen MR) is 92.7 cm³/mol. The van der Waals surface area contributed by atoms with E-state index in [2.05, 4.69) is 37.0 Å². The fourth-order valence-electron chi connectivity index (χ4n) is 2.63. The molecule has 2 rings (SSSR count). The highest BCUT2D eigenvalue weighted by atomic mass is 19.1. The van der Waals surface area contributed by atoms with Crippen LogP contribution in [0.4, 0.5) is 10.1 Å². The van der Waals surface area contributed by atoms with E-state index in [4.69, 9.17) is 0 Å². The summed E-state index contributed by atoms with van der Waals surface area (Å²) in [5.41, 5.74) is 4.78.